The lowest BCUT2D eigenvalue weighted by Gasteiger charge is -2.31. The number of nitrogens with two attached hydrogens (primary N) is 1. The molecule has 4 nitrogen and oxygen atoms in total. The highest BCUT2D eigenvalue weighted by molar-refractivity contribution is 8.00. The summed E-state index contributed by atoms with van der Waals surface area (Å²) in [7, 11) is 0. The van der Waals surface area contributed by atoms with E-state index in [1.54, 1.807) is 0 Å². The van der Waals surface area contributed by atoms with Crippen molar-refractivity contribution in [2.24, 2.45) is 5.73 Å². The number of thioether (sulfide) groups is 1. The van der Waals surface area contributed by atoms with Crippen LogP contribution >= 0.6 is 11.8 Å². The highest BCUT2D eigenvalue weighted by atomic mass is 32.2. The van der Waals surface area contributed by atoms with Gasteiger partial charge in [0.2, 0.25) is 0 Å². The Labute approximate surface area is 153 Å². The topological polar surface area (TPSA) is 58.4 Å². The Balaban J connectivity index is 1.41. The van der Waals surface area contributed by atoms with Crippen LogP contribution in [0, 0.1) is 0 Å². The van der Waals surface area contributed by atoms with Crippen molar-refractivity contribution in [2.75, 3.05) is 13.1 Å². The lowest BCUT2D eigenvalue weighted by Crippen LogP contribution is -2.44. The number of rotatable bonds is 5. The van der Waals surface area contributed by atoms with Crippen molar-refractivity contribution in [1.29, 1.82) is 0 Å². The molecule has 0 bridgehead atoms. The van der Waals surface area contributed by atoms with Crippen LogP contribution in [0.1, 0.15) is 24.0 Å². The molecule has 1 heterocycles. The number of amides is 2. The molecule has 0 unspecified atom stereocenters. The predicted octanol–water partition coefficient (Wildman–Crippen LogP) is 3.61. The Morgan fingerprint density at radius 2 is 1.68 bits per heavy atom. The van der Waals surface area contributed by atoms with E-state index >= 15 is 0 Å². The minimum atomic E-state index is 0.0334. The number of hydrogen-bond acceptors (Lipinski definition) is 3. The second kappa shape index (κ2) is 8.92. The Morgan fingerprint density at radius 1 is 1.04 bits per heavy atom. The van der Waals surface area contributed by atoms with Crippen LogP contribution in [0.5, 0.6) is 0 Å². The molecule has 0 radical (unpaired) electrons. The molecule has 0 saturated carbocycles. The van der Waals surface area contributed by atoms with Gasteiger partial charge in [0.05, 0.1) is 0 Å². The predicted molar refractivity (Wildman–Crippen MR) is 103 cm³/mol. The van der Waals surface area contributed by atoms with E-state index in [9.17, 15) is 4.79 Å². The van der Waals surface area contributed by atoms with Gasteiger partial charge in [0.15, 0.2) is 0 Å². The molecule has 3 rings (SSSR count). The maximum Gasteiger partial charge on any atom is 0.317 e. The third kappa shape index (κ3) is 5.25. The zero-order chi connectivity index (χ0) is 17.5. The van der Waals surface area contributed by atoms with Gasteiger partial charge in [-0.2, -0.15) is 0 Å². The number of nitrogens with zero attached hydrogens (tertiary/aromatic N) is 1. The molecule has 5 heteroatoms. The van der Waals surface area contributed by atoms with Gasteiger partial charge in [-0.3, -0.25) is 0 Å². The zero-order valence-corrected chi connectivity index (χ0v) is 15.2. The third-order valence-electron chi connectivity index (χ3n) is 4.48. The Morgan fingerprint density at radius 3 is 2.32 bits per heavy atom. The summed E-state index contributed by atoms with van der Waals surface area (Å²) in [6.07, 6.45) is 2.08. The van der Waals surface area contributed by atoms with Crippen LogP contribution in [0.2, 0.25) is 0 Å². The van der Waals surface area contributed by atoms with E-state index in [-0.39, 0.29) is 6.03 Å². The SMILES string of the molecule is NCc1ccc(CNC(=O)N2CCC(Sc3ccccc3)CC2)cc1. The average molecular weight is 356 g/mol. The minimum absolute atomic E-state index is 0.0334. The Hall–Kier alpha value is -1.98. The van der Waals surface area contributed by atoms with Crippen molar-refractivity contribution >= 4 is 17.8 Å². The van der Waals surface area contributed by atoms with Gasteiger partial charge in [-0.1, -0.05) is 42.5 Å². The van der Waals surface area contributed by atoms with Crippen molar-refractivity contribution in [3.8, 4) is 0 Å². The lowest BCUT2D eigenvalue weighted by atomic mass is 10.1. The van der Waals surface area contributed by atoms with Crippen LogP contribution in [0.25, 0.3) is 0 Å². The molecule has 0 atom stereocenters. The van der Waals surface area contributed by atoms with Crippen LogP contribution in [-0.2, 0) is 13.1 Å². The van der Waals surface area contributed by atoms with E-state index in [4.69, 9.17) is 5.73 Å². The molecule has 1 aliphatic heterocycles. The molecule has 132 valence electrons. The number of likely N-dealkylation sites (tertiary alicyclic amines) is 1. The molecule has 0 aliphatic carbocycles. The van der Waals surface area contributed by atoms with Gasteiger partial charge in [-0.15, -0.1) is 11.8 Å². The molecule has 2 amide bonds. The van der Waals surface area contributed by atoms with Gasteiger partial charge >= 0.3 is 6.03 Å². The van der Waals surface area contributed by atoms with E-state index in [1.165, 1.54) is 4.90 Å². The maximum atomic E-state index is 12.3. The zero-order valence-electron chi connectivity index (χ0n) is 14.4. The lowest BCUT2D eigenvalue weighted by molar-refractivity contribution is 0.187. The molecular weight excluding hydrogens is 330 g/mol. The molecule has 0 aromatic heterocycles. The Kier molecular flexibility index (Phi) is 6.36. The summed E-state index contributed by atoms with van der Waals surface area (Å²) >= 11 is 1.92. The fraction of sp³-hybridized carbons (Fsp3) is 0.350. The molecule has 25 heavy (non-hydrogen) atoms. The second-order valence-corrected chi connectivity index (χ2v) is 7.67. The van der Waals surface area contributed by atoms with Crippen LogP contribution in [0.4, 0.5) is 4.79 Å². The van der Waals surface area contributed by atoms with Crippen LogP contribution in [0.3, 0.4) is 0 Å². The van der Waals surface area contributed by atoms with Gasteiger partial charge in [0, 0.05) is 36.3 Å². The molecule has 1 aliphatic rings. The molecule has 1 saturated heterocycles. The normalized spacial score (nSPS) is 15.2. The monoisotopic (exact) mass is 355 g/mol. The van der Waals surface area contributed by atoms with Crippen molar-refractivity contribution in [3.05, 3.63) is 65.7 Å². The van der Waals surface area contributed by atoms with Gasteiger partial charge < -0.3 is 16.0 Å². The average Bonchev–Trinajstić information content (AvgIpc) is 2.68. The molecular formula is C20H25N3OS. The van der Waals surface area contributed by atoms with E-state index in [0.29, 0.717) is 18.3 Å². The second-order valence-electron chi connectivity index (χ2n) is 6.30. The molecule has 3 N–H and O–H groups in total. The molecule has 2 aromatic carbocycles. The summed E-state index contributed by atoms with van der Waals surface area (Å²) in [5.41, 5.74) is 7.80. The standard InChI is InChI=1S/C20H25N3OS/c21-14-16-6-8-17(9-7-16)15-22-20(24)23-12-10-19(11-13-23)25-18-4-2-1-3-5-18/h1-9,19H,10-15,21H2,(H,22,24). The highest BCUT2D eigenvalue weighted by Gasteiger charge is 2.23. The first-order chi connectivity index (χ1) is 12.2. The van der Waals surface area contributed by atoms with Crippen LogP contribution < -0.4 is 11.1 Å². The number of benzene rings is 2. The summed E-state index contributed by atoms with van der Waals surface area (Å²) in [4.78, 5) is 15.6. The van der Waals surface area contributed by atoms with Gasteiger partial charge in [-0.05, 0) is 36.1 Å². The van der Waals surface area contributed by atoms with Crippen LogP contribution in [-0.4, -0.2) is 29.3 Å². The third-order valence-corrected chi connectivity index (χ3v) is 5.83. The molecule has 0 spiro atoms. The first-order valence-corrected chi connectivity index (χ1v) is 9.65. The van der Waals surface area contributed by atoms with E-state index in [1.807, 2.05) is 47.0 Å². The summed E-state index contributed by atoms with van der Waals surface area (Å²) < 4.78 is 0. The minimum Gasteiger partial charge on any atom is -0.334 e. The molecule has 1 fully saturated rings. The smallest absolute Gasteiger partial charge is 0.317 e. The first kappa shape index (κ1) is 17.8. The summed E-state index contributed by atoms with van der Waals surface area (Å²) in [5, 5.41) is 3.61. The highest BCUT2D eigenvalue weighted by Crippen LogP contribution is 2.30. The van der Waals surface area contributed by atoms with Crippen molar-refractivity contribution < 1.29 is 4.79 Å². The number of carbonyl (C=O) groups excluding carboxylic acids is 1. The van der Waals surface area contributed by atoms with Crippen molar-refractivity contribution in [1.82, 2.24) is 10.2 Å². The fourth-order valence-electron chi connectivity index (χ4n) is 2.95. The molecule has 2 aromatic rings. The van der Waals surface area contributed by atoms with E-state index in [0.717, 1.165) is 37.1 Å². The summed E-state index contributed by atoms with van der Waals surface area (Å²) in [6, 6.07) is 18.6. The Bertz CT molecular complexity index is 667. The fourth-order valence-corrected chi connectivity index (χ4v) is 4.10. The first-order valence-electron chi connectivity index (χ1n) is 8.77. The number of nitrogens with one attached hydrogen (secondary N) is 1. The van der Waals surface area contributed by atoms with Crippen molar-refractivity contribution in [3.63, 3.8) is 0 Å². The van der Waals surface area contributed by atoms with Crippen LogP contribution in [0.15, 0.2) is 59.5 Å². The van der Waals surface area contributed by atoms with Gasteiger partial charge in [0.25, 0.3) is 0 Å². The summed E-state index contributed by atoms with van der Waals surface area (Å²) in [6.45, 7) is 2.75. The maximum absolute atomic E-state index is 12.3. The largest absolute Gasteiger partial charge is 0.334 e. The van der Waals surface area contributed by atoms with Crippen molar-refractivity contribution in [2.45, 2.75) is 36.1 Å². The number of carbonyl (C=O) groups is 1. The quantitative estimate of drug-likeness (QED) is 0.861. The van der Waals surface area contributed by atoms with Gasteiger partial charge in [-0.25, -0.2) is 4.79 Å². The summed E-state index contributed by atoms with van der Waals surface area (Å²) in [5.74, 6) is 0. The van der Waals surface area contributed by atoms with E-state index < -0.39 is 0 Å². The van der Waals surface area contributed by atoms with Gasteiger partial charge in [0.1, 0.15) is 0 Å². The number of piperidine rings is 1. The van der Waals surface area contributed by atoms with E-state index in [2.05, 4.69) is 29.6 Å². The number of hydrogen-bond donors (Lipinski definition) is 2. The number of urea groups is 1.